The Kier molecular flexibility index (Phi) is 4.78. The molecule has 2 heterocycles. The number of carbonyl (C=O) groups is 3. The molecule has 0 radical (unpaired) electrons. The van der Waals surface area contributed by atoms with E-state index in [1.165, 1.54) is 0 Å². The third-order valence-electron chi connectivity index (χ3n) is 4.97. The van der Waals surface area contributed by atoms with Gasteiger partial charge in [0.15, 0.2) is 0 Å². The summed E-state index contributed by atoms with van der Waals surface area (Å²) < 4.78 is 0. The van der Waals surface area contributed by atoms with Gasteiger partial charge >= 0.3 is 6.03 Å². The Balaban J connectivity index is 2.05. The molecule has 0 bridgehead atoms. The van der Waals surface area contributed by atoms with Crippen LogP contribution in [0.25, 0.3) is 0 Å². The Bertz CT molecular complexity index is 463. The van der Waals surface area contributed by atoms with Crippen LogP contribution in [0.3, 0.4) is 0 Å². The van der Waals surface area contributed by atoms with Gasteiger partial charge in [0.2, 0.25) is 5.91 Å². The molecule has 6 heteroatoms. The van der Waals surface area contributed by atoms with Crippen LogP contribution in [0, 0.1) is 11.8 Å². The highest BCUT2D eigenvalue weighted by molar-refractivity contribution is 6.08. The van der Waals surface area contributed by atoms with Crippen molar-refractivity contribution in [1.29, 1.82) is 0 Å². The van der Waals surface area contributed by atoms with E-state index in [2.05, 4.69) is 19.2 Å². The fraction of sp³-hybridized carbons (Fsp3) is 0.812. The zero-order valence-corrected chi connectivity index (χ0v) is 14.0. The number of urea groups is 1. The first-order chi connectivity index (χ1) is 10.3. The van der Waals surface area contributed by atoms with E-state index in [0.717, 1.165) is 11.3 Å². The maximum atomic E-state index is 12.5. The maximum Gasteiger partial charge on any atom is 0.325 e. The molecule has 2 rings (SSSR count). The summed E-state index contributed by atoms with van der Waals surface area (Å²) in [6.45, 7) is 9.28. The molecule has 0 aromatic heterocycles. The SMILES string of the molecule is CCC1(CC)NC(=O)N(CC(=O)N2CC(C)CC(C)C2)C1=O. The molecular formula is C16H27N3O3. The van der Waals surface area contributed by atoms with Gasteiger partial charge < -0.3 is 10.2 Å². The van der Waals surface area contributed by atoms with Gasteiger partial charge in [-0.15, -0.1) is 0 Å². The van der Waals surface area contributed by atoms with Crippen molar-refractivity contribution >= 4 is 17.8 Å². The van der Waals surface area contributed by atoms with Crippen molar-refractivity contribution < 1.29 is 14.4 Å². The number of rotatable bonds is 4. The predicted molar refractivity (Wildman–Crippen MR) is 83.1 cm³/mol. The van der Waals surface area contributed by atoms with Crippen LogP contribution in [0.4, 0.5) is 4.79 Å². The Labute approximate surface area is 132 Å². The summed E-state index contributed by atoms with van der Waals surface area (Å²) >= 11 is 0. The minimum Gasteiger partial charge on any atom is -0.341 e. The second-order valence-electron chi connectivity index (χ2n) is 6.86. The van der Waals surface area contributed by atoms with Crippen LogP contribution in [0.1, 0.15) is 47.0 Å². The molecule has 4 amide bonds. The smallest absolute Gasteiger partial charge is 0.325 e. The van der Waals surface area contributed by atoms with E-state index in [-0.39, 0.29) is 18.4 Å². The number of imide groups is 1. The van der Waals surface area contributed by atoms with Gasteiger partial charge in [-0.1, -0.05) is 27.7 Å². The highest BCUT2D eigenvalue weighted by atomic mass is 16.2. The van der Waals surface area contributed by atoms with E-state index in [0.29, 0.717) is 37.8 Å². The first kappa shape index (κ1) is 16.8. The molecule has 0 aromatic carbocycles. The van der Waals surface area contributed by atoms with E-state index in [4.69, 9.17) is 0 Å². The van der Waals surface area contributed by atoms with Gasteiger partial charge in [-0.3, -0.25) is 14.5 Å². The lowest BCUT2D eigenvalue weighted by Gasteiger charge is -2.35. The second-order valence-corrected chi connectivity index (χ2v) is 6.86. The molecule has 0 aromatic rings. The largest absolute Gasteiger partial charge is 0.341 e. The Morgan fingerprint density at radius 2 is 1.73 bits per heavy atom. The molecule has 2 aliphatic heterocycles. The van der Waals surface area contributed by atoms with Gasteiger partial charge in [0.25, 0.3) is 5.91 Å². The molecule has 0 aliphatic carbocycles. The van der Waals surface area contributed by atoms with Crippen LogP contribution < -0.4 is 5.32 Å². The lowest BCUT2D eigenvalue weighted by Crippen LogP contribution is -2.49. The van der Waals surface area contributed by atoms with Crippen LogP contribution in [0.5, 0.6) is 0 Å². The Morgan fingerprint density at radius 3 is 2.18 bits per heavy atom. The third kappa shape index (κ3) is 2.96. The fourth-order valence-electron chi connectivity index (χ4n) is 3.65. The molecule has 22 heavy (non-hydrogen) atoms. The number of likely N-dealkylation sites (tertiary alicyclic amines) is 1. The van der Waals surface area contributed by atoms with Crippen LogP contribution in [-0.2, 0) is 9.59 Å². The van der Waals surface area contributed by atoms with Crippen molar-refractivity contribution in [1.82, 2.24) is 15.1 Å². The monoisotopic (exact) mass is 309 g/mol. The van der Waals surface area contributed by atoms with Gasteiger partial charge in [0.05, 0.1) is 0 Å². The zero-order chi connectivity index (χ0) is 16.5. The number of amides is 4. The summed E-state index contributed by atoms with van der Waals surface area (Å²) in [5, 5.41) is 2.76. The molecule has 2 fully saturated rings. The van der Waals surface area contributed by atoms with E-state index in [1.54, 1.807) is 4.90 Å². The number of carbonyl (C=O) groups excluding carboxylic acids is 3. The number of nitrogens with zero attached hydrogens (tertiary/aromatic N) is 2. The molecule has 0 spiro atoms. The number of nitrogens with one attached hydrogen (secondary N) is 1. The van der Waals surface area contributed by atoms with Crippen LogP contribution in [0.2, 0.25) is 0 Å². The average Bonchev–Trinajstić information content (AvgIpc) is 2.70. The molecule has 6 nitrogen and oxygen atoms in total. The zero-order valence-electron chi connectivity index (χ0n) is 14.0. The van der Waals surface area contributed by atoms with Gasteiger partial charge in [0.1, 0.15) is 12.1 Å². The Morgan fingerprint density at radius 1 is 1.18 bits per heavy atom. The standard InChI is InChI=1S/C16H27N3O3/c1-5-16(6-2)14(21)19(15(22)17-16)10-13(20)18-8-11(3)7-12(4)9-18/h11-12H,5-10H2,1-4H3,(H,17,22). The summed E-state index contributed by atoms with van der Waals surface area (Å²) in [7, 11) is 0. The van der Waals surface area contributed by atoms with Gasteiger partial charge in [-0.25, -0.2) is 4.79 Å². The average molecular weight is 309 g/mol. The molecule has 2 atom stereocenters. The number of hydrogen-bond acceptors (Lipinski definition) is 3. The highest BCUT2D eigenvalue weighted by Crippen LogP contribution is 2.26. The summed E-state index contributed by atoms with van der Waals surface area (Å²) in [6.07, 6.45) is 2.19. The van der Waals surface area contributed by atoms with Gasteiger partial charge in [0, 0.05) is 13.1 Å². The quantitative estimate of drug-likeness (QED) is 0.802. The molecule has 0 saturated carbocycles. The van der Waals surface area contributed by atoms with E-state index >= 15 is 0 Å². The number of hydrogen-bond donors (Lipinski definition) is 1. The van der Waals surface area contributed by atoms with Crippen molar-refractivity contribution in [2.45, 2.75) is 52.5 Å². The molecule has 2 aliphatic rings. The van der Waals surface area contributed by atoms with Crippen molar-refractivity contribution in [3.8, 4) is 0 Å². The van der Waals surface area contributed by atoms with Crippen molar-refractivity contribution in [3.05, 3.63) is 0 Å². The molecule has 2 saturated heterocycles. The minimum absolute atomic E-state index is 0.134. The lowest BCUT2D eigenvalue weighted by molar-refractivity contribution is -0.140. The van der Waals surface area contributed by atoms with Gasteiger partial charge in [-0.2, -0.15) is 0 Å². The van der Waals surface area contributed by atoms with E-state index in [9.17, 15) is 14.4 Å². The summed E-state index contributed by atoms with van der Waals surface area (Å²) in [5.74, 6) is 0.515. The topological polar surface area (TPSA) is 69.7 Å². The summed E-state index contributed by atoms with van der Waals surface area (Å²) in [6, 6.07) is -0.444. The first-order valence-corrected chi connectivity index (χ1v) is 8.24. The molecular weight excluding hydrogens is 282 g/mol. The normalized spacial score (nSPS) is 28.0. The third-order valence-corrected chi connectivity index (χ3v) is 4.97. The Hall–Kier alpha value is -1.59. The molecule has 1 N–H and O–H groups in total. The predicted octanol–water partition coefficient (Wildman–Crippen LogP) is 1.60. The number of piperidine rings is 1. The first-order valence-electron chi connectivity index (χ1n) is 8.24. The van der Waals surface area contributed by atoms with E-state index < -0.39 is 11.6 Å². The van der Waals surface area contributed by atoms with Crippen molar-refractivity contribution in [3.63, 3.8) is 0 Å². The minimum atomic E-state index is -0.833. The van der Waals surface area contributed by atoms with E-state index in [1.807, 2.05) is 13.8 Å². The fourth-order valence-corrected chi connectivity index (χ4v) is 3.65. The summed E-state index contributed by atoms with van der Waals surface area (Å²) in [4.78, 5) is 40.0. The van der Waals surface area contributed by atoms with Crippen LogP contribution in [0.15, 0.2) is 0 Å². The van der Waals surface area contributed by atoms with Crippen LogP contribution in [-0.4, -0.2) is 52.8 Å². The highest BCUT2D eigenvalue weighted by Gasteiger charge is 2.49. The van der Waals surface area contributed by atoms with Gasteiger partial charge in [-0.05, 0) is 31.1 Å². The van der Waals surface area contributed by atoms with Crippen molar-refractivity contribution in [2.24, 2.45) is 11.8 Å². The second kappa shape index (κ2) is 6.26. The van der Waals surface area contributed by atoms with Crippen LogP contribution >= 0.6 is 0 Å². The molecule has 124 valence electrons. The molecule has 2 unspecified atom stereocenters. The maximum absolute atomic E-state index is 12.5. The summed E-state index contributed by atoms with van der Waals surface area (Å²) in [5.41, 5.74) is -0.833. The lowest BCUT2D eigenvalue weighted by atomic mass is 9.91. The van der Waals surface area contributed by atoms with Crippen molar-refractivity contribution in [2.75, 3.05) is 19.6 Å².